The van der Waals surface area contributed by atoms with Crippen LogP contribution in [0.2, 0.25) is 0 Å². The van der Waals surface area contributed by atoms with Crippen molar-refractivity contribution < 1.29 is 28.8 Å². The van der Waals surface area contributed by atoms with Crippen LogP contribution in [0.1, 0.15) is 0 Å². The lowest BCUT2D eigenvalue weighted by Gasteiger charge is -2.25. The SMILES string of the molecule is O[C@H]1[C@@H]2O[C@H](C(Cl)(Cl)Cl)O[C@H]2O[C@H]1[C@@H]1CO[C@H](C(Cl)(Cl)Cl)O1. The number of halogens is 6. The summed E-state index contributed by atoms with van der Waals surface area (Å²) in [4.78, 5) is 0. The van der Waals surface area contributed by atoms with Crippen molar-refractivity contribution in [1.82, 2.24) is 0 Å². The van der Waals surface area contributed by atoms with Gasteiger partial charge in [-0.25, -0.2) is 0 Å². The molecule has 22 heavy (non-hydrogen) atoms. The van der Waals surface area contributed by atoms with Gasteiger partial charge in [0.25, 0.3) is 0 Å². The Morgan fingerprint density at radius 1 is 0.773 bits per heavy atom. The topological polar surface area (TPSA) is 66.4 Å². The van der Waals surface area contributed by atoms with Gasteiger partial charge in [-0.1, -0.05) is 69.6 Å². The van der Waals surface area contributed by atoms with Gasteiger partial charge in [-0.05, 0) is 0 Å². The maximum absolute atomic E-state index is 10.3. The molecule has 3 aliphatic heterocycles. The van der Waals surface area contributed by atoms with Gasteiger partial charge in [-0.15, -0.1) is 0 Å². The first-order valence-corrected chi connectivity index (χ1v) is 8.39. The standard InChI is InChI=1S/C10H10Cl6O6/c11-9(12,13)7-18-1-2(19-7)4-3(17)5-6(20-4)22-8(21-5)10(14,15)16/h2-8,17H,1H2/t2-,3+,4-,5-,6+,7-,8-/m0/s1. The van der Waals surface area contributed by atoms with Gasteiger partial charge in [-0.3, -0.25) is 0 Å². The minimum absolute atomic E-state index is 0.0770. The molecule has 0 aromatic carbocycles. The highest BCUT2D eigenvalue weighted by atomic mass is 35.6. The molecule has 0 radical (unpaired) electrons. The molecule has 3 aliphatic rings. The molecule has 3 saturated heterocycles. The van der Waals surface area contributed by atoms with Crippen molar-refractivity contribution in [1.29, 1.82) is 0 Å². The summed E-state index contributed by atoms with van der Waals surface area (Å²) in [6, 6.07) is 0. The Kier molecular flexibility index (Phi) is 5.27. The van der Waals surface area contributed by atoms with Crippen LogP contribution in [-0.2, 0) is 23.7 Å². The van der Waals surface area contributed by atoms with Gasteiger partial charge in [0.05, 0.1) is 6.61 Å². The predicted molar refractivity (Wildman–Crippen MR) is 79.6 cm³/mol. The van der Waals surface area contributed by atoms with Crippen molar-refractivity contribution in [2.24, 2.45) is 0 Å². The van der Waals surface area contributed by atoms with Crippen LogP contribution in [0.25, 0.3) is 0 Å². The molecule has 128 valence electrons. The number of aliphatic hydroxyl groups excluding tert-OH is 1. The summed E-state index contributed by atoms with van der Waals surface area (Å²) < 4.78 is 23.4. The van der Waals surface area contributed by atoms with E-state index in [1.807, 2.05) is 0 Å². The summed E-state index contributed by atoms with van der Waals surface area (Å²) in [5.41, 5.74) is 0. The molecule has 0 aliphatic carbocycles. The Bertz CT molecular complexity index is 427. The van der Waals surface area contributed by atoms with E-state index >= 15 is 0 Å². The zero-order chi connectivity index (χ0) is 16.3. The highest BCUT2D eigenvalue weighted by molar-refractivity contribution is 6.68. The van der Waals surface area contributed by atoms with Gasteiger partial charge in [-0.2, -0.15) is 0 Å². The van der Waals surface area contributed by atoms with Crippen LogP contribution in [0.3, 0.4) is 0 Å². The molecule has 0 unspecified atom stereocenters. The number of hydrogen-bond donors (Lipinski definition) is 1. The van der Waals surface area contributed by atoms with Crippen LogP contribution in [0.5, 0.6) is 0 Å². The summed E-state index contributed by atoms with van der Waals surface area (Å²) in [7, 11) is 0. The Labute approximate surface area is 155 Å². The van der Waals surface area contributed by atoms with E-state index < -0.39 is 50.9 Å². The summed E-state index contributed by atoms with van der Waals surface area (Å²) in [5, 5.41) is 10.3. The van der Waals surface area contributed by atoms with Gasteiger partial charge in [0.1, 0.15) is 24.4 Å². The molecule has 0 amide bonds. The van der Waals surface area contributed by atoms with Gasteiger partial charge < -0.3 is 28.8 Å². The quantitative estimate of drug-likeness (QED) is 0.634. The number of fused-ring (bicyclic) bond motifs is 1. The number of aliphatic hydroxyl groups is 1. The van der Waals surface area contributed by atoms with Gasteiger partial charge in [0, 0.05) is 0 Å². The van der Waals surface area contributed by atoms with Gasteiger partial charge in [0.2, 0.25) is 20.2 Å². The van der Waals surface area contributed by atoms with Crippen LogP contribution in [-0.4, -0.2) is 62.6 Å². The van der Waals surface area contributed by atoms with E-state index in [1.165, 1.54) is 0 Å². The first-order chi connectivity index (χ1) is 10.1. The van der Waals surface area contributed by atoms with E-state index in [0.29, 0.717) is 0 Å². The molecular formula is C10H10Cl6O6. The van der Waals surface area contributed by atoms with E-state index in [4.69, 9.17) is 93.3 Å². The number of hydrogen-bond acceptors (Lipinski definition) is 6. The van der Waals surface area contributed by atoms with E-state index in [2.05, 4.69) is 0 Å². The molecule has 1 N–H and O–H groups in total. The average Bonchev–Trinajstić information content (AvgIpc) is 3.03. The van der Waals surface area contributed by atoms with Crippen LogP contribution in [0.15, 0.2) is 0 Å². The minimum atomic E-state index is -1.80. The fourth-order valence-electron chi connectivity index (χ4n) is 2.44. The third-order valence-corrected chi connectivity index (χ3v) is 4.45. The highest BCUT2D eigenvalue weighted by Gasteiger charge is 2.59. The fourth-order valence-corrected chi connectivity index (χ4v) is 3.09. The molecule has 3 heterocycles. The fraction of sp³-hybridized carbons (Fsp3) is 1.00. The van der Waals surface area contributed by atoms with Crippen LogP contribution >= 0.6 is 69.6 Å². The molecule has 0 aromatic rings. The Balaban J connectivity index is 1.62. The molecule has 0 aromatic heterocycles. The lowest BCUT2D eigenvalue weighted by Crippen LogP contribution is -2.42. The summed E-state index contributed by atoms with van der Waals surface area (Å²) in [6.45, 7) is 0.0770. The Morgan fingerprint density at radius 3 is 1.91 bits per heavy atom. The van der Waals surface area contributed by atoms with Crippen molar-refractivity contribution in [3.63, 3.8) is 0 Å². The molecular weight excluding hydrogens is 429 g/mol. The molecule has 3 fully saturated rings. The molecule has 0 bridgehead atoms. The number of rotatable bonds is 1. The molecule has 7 atom stereocenters. The normalized spacial score (nSPS) is 46.2. The maximum Gasteiger partial charge on any atom is 0.241 e. The van der Waals surface area contributed by atoms with Crippen molar-refractivity contribution >= 4 is 69.6 Å². The smallest absolute Gasteiger partial charge is 0.241 e. The monoisotopic (exact) mass is 436 g/mol. The molecule has 0 saturated carbocycles. The Morgan fingerprint density at radius 2 is 1.41 bits per heavy atom. The summed E-state index contributed by atoms with van der Waals surface area (Å²) >= 11 is 34.2. The lowest BCUT2D eigenvalue weighted by atomic mass is 10.1. The summed E-state index contributed by atoms with van der Waals surface area (Å²) in [6.07, 6.45) is -6.43. The van der Waals surface area contributed by atoms with E-state index in [9.17, 15) is 5.11 Å². The van der Waals surface area contributed by atoms with Gasteiger partial charge in [0.15, 0.2) is 6.29 Å². The van der Waals surface area contributed by atoms with Crippen LogP contribution in [0, 0.1) is 0 Å². The first-order valence-electron chi connectivity index (χ1n) is 6.12. The molecule has 6 nitrogen and oxygen atoms in total. The van der Waals surface area contributed by atoms with Crippen molar-refractivity contribution in [3.8, 4) is 0 Å². The number of alkyl halides is 6. The first kappa shape index (κ1) is 18.3. The predicted octanol–water partition coefficient (Wildman–Crippen LogP) is 2.30. The second-order valence-electron chi connectivity index (χ2n) is 4.95. The number of ether oxygens (including phenoxy) is 5. The maximum atomic E-state index is 10.3. The third kappa shape index (κ3) is 3.54. The second kappa shape index (κ2) is 6.34. The molecule has 0 spiro atoms. The highest BCUT2D eigenvalue weighted by Crippen LogP contribution is 2.44. The average molecular weight is 439 g/mol. The van der Waals surface area contributed by atoms with Crippen molar-refractivity contribution in [2.45, 2.75) is 50.9 Å². The molecule has 12 heteroatoms. The van der Waals surface area contributed by atoms with Crippen LogP contribution < -0.4 is 0 Å². The largest absolute Gasteiger partial charge is 0.387 e. The Hall–Kier alpha value is 1.50. The van der Waals surface area contributed by atoms with E-state index in [-0.39, 0.29) is 6.61 Å². The van der Waals surface area contributed by atoms with Crippen LogP contribution in [0.4, 0.5) is 0 Å². The van der Waals surface area contributed by atoms with E-state index in [1.54, 1.807) is 0 Å². The molecule has 3 rings (SSSR count). The third-order valence-electron chi connectivity index (χ3n) is 3.38. The zero-order valence-corrected chi connectivity index (χ0v) is 15.0. The van der Waals surface area contributed by atoms with Gasteiger partial charge >= 0.3 is 0 Å². The second-order valence-corrected chi connectivity index (χ2v) is 9.69. The van der Waals surface area contributed by atoms with Crippen molar-refractivity contribution in [3.05, 3.63) is 0 Å². The van der Waals surface area contributed by atoms with Crippen molar-refractivity contribution in [2.75, 3.05) is 6.61 Å². The van der Waals surface area contributed by atoms with E-state index in [0.717, 1.165) is 0 Å². The zero-order valence-electron chi connectivity index (χ0n) is 10.5. The minimum Gasteiger partial charge on any atom is -0.387 e. The summed E-state index contributed by atoms with van der Waals surface area (Å²) in [5.74, 6) is 0. The lowest BCUT2D eigenvalue weighted by molar-refractivity contribution is -0.189.